The van der Waals surface area contributed by atoms with Gasteiger partial charge in [0, 0.05) is 19.2 Å². The quantitative estimate of drug-likeness (QED) is 0.747. The number of nitrogens with zero attached hydrogens (tertiary/aromatic N) is 1. The normalized spacial score (nSPS) is 18.0. The summed E-state index contributed by atoms with van der Waals surface area (Å²) in [6, 6.07) is 3.48. The lowest BCUT2D eigenvalue weighted by atomic mass is 10.1. The van der Waals surface area contributed by atoms with E-state index in [4.69, 9.17) is 18.9 Å². The number of methoxy groups -OCH3 is 4. The molecule has 104 valence electrons. The summed E-state index contributed by atoms with van der Waals surface area (Å²) in [6.07, 6.45) is -0.362. The van der Waals surface area contributed by atoms with Crippen molar-refractivity contribution in [3.63, 3.8) is 0 Å². The van der Waals surface area contributed by atoms with Crippen molar-refractivity contribution in [3.05, 3.63) is 12.1 Å². The van der Waals surface area contributed by atoms with Crippen LogP contribution >= 0.6 is 0 Å². The van der Waals surface area contributed by atoms with Crippen LogP contribution in [0.25, 0.3) is 0 Å². The van der Waals surface area contributed by atoms with Crippen LogP contribution in [0.5, 0.6) is 17.2 Å². The van der Waals surface area contributed by atoms with Gasteiger partial charge in [-0.3, -0.25) is 4.79 Å². The van der Waals surface area contributed by atoms with Gasteiger partial charge in [-0.25, -0.2) is 0 Å². The van der Waals surface area contributed by atoms with Gasteiger partial charge in [0.15, 0.2) is 17.6 Å². The molecule has 0 bridgehead atoms. The molecule has 0 radical (unpaired) electrons. The topological polar surface area (TPSA) is 57.2 Å². The number of benzene rings is 1. The molecule has 0 spiro atoms. The van der Waals surface area contributed by atoms with Crippen molar-refractivity contribution in [2.75, 3.05) is 39.9 Å². The van der Waals surface area contributed by atoms with E-state index in [2.05, 4.69) is 0 Å². The minimum absolute atomic E-state index is 0.0724. The van der Waals surface area contributed by atoms with Gasteiger partial charge in [-0.05, 0) is 0 Å². The van der Waals surface area contributed by atoms with Crippen molar-refractivity contribution in [1.29, 1.82) is 0 Å². The van der Waals surface area contributed by atoms with Gasteiger partial charge in [-0.1, -0.05) is 0 Å². The van der Waals surface area contributed by atoms with Gasteiger partial charge in [0.1, 0.15) is 0 Å². The SMILES string of the molecule is COc1cc(N2CC(OC)C2=O)cc(OC)c1OC. The highest BCUT2D eigenvalue weighted by atomic mass is 16.5. The van der Waals surface area contributed by atoms with Gasteiger partial charge in [0.25, 0.3) is 5.91 Å². The van der Waals surface area contributed by atoms with Gasteiger partial charge in [-0.2, -0.15) is 0 Å². The highest BCUT2D eigenvalue weighted by molar-refractivity contribution is 6.03. The molecule has 1 aliphatic heterocycles. The Labute approximate surface area is 111 Å². The second-order valence-electron chi connectivity index (χ2n) is 4.06. The predicted octanol–water partition coefficient (Wildman–Crippen LogP) is 1.07. The fourth-order valence-electron chi connectivity index (χ4n) is 2.03. The van der Waals surface area contributed by atoms with Crippen LogP contribution in [0.1, 0.15) is 0 Å². The van der Waals surface area contributed by atoms with Crippen molar-refractivity contribution in [2.45, 2.75) is 6.10 Å². The van der Waals surface area contributed by atoms with Crippen molar-refractivity contribution >= 4 is 11.6 Å². The first kappa shape index (κ1) is 13.5. The van der Waals surface area contributed by atoms with Gasteiger partial charge in [-0.15, -0.1) is 0 Å². The molecule has 6 heteroatoms. The summed E-state index contributed by atoms with van der Waals surface area (Å²) < 4.78 is 20.8. The van der Waals surface area contributed by atoms with Crippen LogP contribution in [0, 0.1) is 0 Å². The molecule has 0 aliphatic carbocycles. The zero-order valence-corrected chi connectivity index (χ0v) is 11.4. The number of carbonyl (C=O) groups is 1. The Morgan fingerprint density at radius 2 is 1.63 bits per heavy atom. The number of rotatable bonds is 5. The summed E-state index contributed by atoms with van der Waals surface area (Å²) in [6.45, 7) is 0.522. The molecular formula is C13H17NO5. The van der Waals surface area contributed by atoms with Crippen LogP contribution in [0.2, 0.25) is 0 Å². The van der Waals surface area contributed by atoms with Gasteiger partial charge >= 0.3 is 0 Å². The number of anilines is 1. The summed E-state index contributed by atoms with van der Waals surface area (Å²) in [7, 11) is 6.14. The first-order valence-corrected chi connectivity index (χ1v) is 5.80. The molecular weight excluding hydrogens is 250 g/mol. The van der Waals surface area contributed by atoms with E-state index in [-0.39, 0.29) is 12.0 Å². The molecule has 1 saturated heterocycles. The monoisotopic (exact) mass is 267 g/mol. The summed E-state index contributed by atoms with van der Waals surface area (Å²) in [5.74, 6) is 1.47. The molecule has 1 heterocycles. The van der Waals surface area contributed by atoms with Crippen molar-refractivity contribution in [1.82, 2.24) is 0 Å². The summed E-state index contributed by atoms with van der Waals surface area (Å²) in [5.41, 5.74) is 0.702. The van der Waals surface area contributed by atoms with E-state index in [1.165, 1.54) is 28.4 Å². The van der Waals surface area contributed by atoms with Crippen LogP contribution in [-0.4, -0.2) is 47.0 Å². The van der Waals surface area contributed by atoms with Crippen LogP contribution < -0.4 is 19.1 Å². The van der Waals surface area contributed by atoms with E-state index in [1.807, 2.05) is 0 Å². The number of amides is 1. The summed E-state index contributed by atoms with van der Waals surface area (Å²) in [5, 5.41) is 0. The van der Waals surface area contributed by atoms with Crippen molar-refractivity contribution < 1.29 is 23.7 Å². The third kappa shape index (κ3) is 2.19. The molecule has 1 atom stereocenters. The average molecular weight is 267 g/mol. The Hall–Kier alpha value is -1.95. The molecule has 1 aromatic carbocycles. The van der Waals surface area contributed by atoms with Crippen molar-refractivity contribution in [2.24, 2.45) is 0 Å². The predicted molar refractivity (Wildman–Crippen MR) is 69.2 cm³/mol. The smallest absolute Gasteiger partial charge is 0.258 e. The zero-order valence-electron chi connectivity index (χ0n) is 11.4. The molecule has 6 nitrogen and oxygen atoms in total. The van der Waals surface area contributed by atoms with E-state index < -0.39 is 0 Å². The van der Waals surface area contributed by atoms with Crippen LogP contribution in [-0.2, 0) is 9.53 Å². The fourth-order valence-corrected chi connectivity index (χ4v) is 2.03. The number of carbonyl (C=O) groups excluding carboxylic acids is 1. The van der Waals surface area contributed by atoms with Gasteiger partial charge in [0.05, 0.1) is 33.6 Å². The molecule has 19 heavy (non-hydrogen) atoms. The Morgan fingerprint density at radius 1 is 1.05 bits per heavy atom. The molecule has 2 rings (SSSR count). The van der Waals surface area contributed by atoms with E-state index in [0.29, 0.717) is 29.5 Å². The lowest BCUT2D eigenvalue weighted by molar-refractivity contribution is -0.134. The fraction of sp³-hybridized carbons (Fsp3) is 0.462. The molecule has 0 aromatic heterocycles. The Bertz CT molecular complexity index is 463. The lowest BCUT2D eigenvalue weighted by Crippen LogP contribution is -2.57. The minimum atomic E-state index is -0.362. The molecule has 1 fully saturated rings. The van der Waals surface area contributed by atoms with Gasteiger partial charge in [0.2, 0.25) is 5.75 Å². The maximum Gasteiger partial charge on any atom is 0.258 e. The highest BCUT2D eigenvalue weighted by Gasteiger charge is 2.38. The minimum Gasteiger partial charge on any atom is -0.493 e. The molecule has 1 unspecified atom stereocenters. The van der Waals surface area contributed by atoms with Gasteiger partial charge < -0.3 is 23.8 Å². The summed E-state index contributed by atoms with van der Waals surface area (Å²) in [4.78, 5) is 13.4. The molecule has 1 aliphatic rings. The third-order valence-electron chi connectivity index (χ3n) is 3.14. The maximum absolute atomic E-state index is 11.8. The Morgan fingerprint density at radius 3 is 2.00 bits per heavy atom. The first-order valence-electron chi connectivity index (χ1n) is 5.80. The molecule has 1 amide bonds. The Balaban J connectivity index is 2.35. The standard InChI is InChI=1S/C13H17NO5/c1-16-9-5-8(6-10(17-2)12(9)19-4)14-7-11(18-3)13(14)15/h5-6,11H,7H2,1-4H3. The van der Waals surface area contributed by atoms with E-state index in [0.717, 1.165) is 0 Å². The zero-order chi connectivity index (χ0) is 14.0. The van der Waals surface area contributed by atoms with Crippen LogP contribution in [0.3, 0.4) is 0 Å². The number of β-lactam (4-membered cyclic amide) rings is 1. The molecule has 1 aromatic rings. The third-order valence-corrected chi connectivity index (χ3v) is 3.14. The number of hydrogen-bond acceptors (Lipinski definition) is 5. The summed E-state index contributed by atoms with van der Waals surface area (Å²) >= 11 is 0. The second-order valence-corrected chi connectivity index (χ2v) is 4.06. The molecule has 0 N–H and O–H groups in total. The molecule has 0 saturated carbocycles. The largest absolute Gasteiger partial charge is 0.493 e. The van der Waals surface area contributed by atoms with E-state index in [9.17, 15) is 4.79 Å². The Kier molecular flexibility index (Phi) is 3.80. The second kappa shape index (κ2) is 5.36. The maximum atomic E-state index is 11.8. The number of hydrogen-bond donors (Lipinski definition) is 0. The first-order chi connectivity index (χ1) is 9.15. The van der Waals surface area contributed by atoms with Crippen molar-refractivity contribution in [3.8, 4) is 17.2 Å². The van der Waals surface area contributed by atoms with E-state index in [1.54, 1.807) is 17.0 Å². The number of ether oxygens (including phenoxy) is 4. The van der Waals surface area contributed by atoms with Crippen LogP contribution in [0.15, 0.2) is 12.1 Å². The highest BCUT2D eigenvalue weighted by Crippen LogP contribution is 2.42. The van der Waals surface area contributed by atoms with E-state index >= 15 is 0 Å². The average Bonchev–Trinajstić information content (AvgIpc) is 2.44. The lowest BCUT2D eigenvalue weighted by Gasteiger charge is -2.37. The van der Waals surface area contributed by atoms with Crippen LogP contribution in [0.4, 0.5) is 5.69 Å².